The van der Waals surface area contributed by atoms with Crippen LogP contribution in [0.1, 0.15) is 87.1 Å². The van der Waals surface area contributed by atoms with E-state index in [0.717, 1.165) is 38.8 Å². The molecule has 2 fully saturated rings. The van der Waals surface area contributed by atoms with E-state index in [0.29, 0.717) is 25.4 Å². The lowest BCUT2D eigenvalue weighted by Crippen LogP contribution is -3.13. The fourth-order valence-corrected chi connectivity index (χ4v) is 7.59. The monoisotopic (exact) mass is 448 g/mol. The van der Waals surface area contributed by atoms with E-state index >= 15 is 0 Å². The van der Waals surface area contributed by atoms with Gasteiger partial charge in [-0.2, -0.15) is 0 Å². The van der Waals surface area contributed by atoms with Gasteiger partial charge in [0.1, 0.15) is 6.04 Å². The van der Waals surface area contributed by atoms with Gasteiger partial charge in [-0.15, -0.1) is 0 Å². The molecule has 33 heavy (non-hydrogen) atoms. The van der Waals surface area contributed by atoms with Gasteiger partial charge in [0, 0.05) is 36.7 Å². The molecule has 3 heterocycles. The number of aromatic nitrogens is 1. The van der Waals surface area contributed by atoms with Gasteiger partial charge in [0.2, 0.25) is 11.8 Å². The number of carbonyl (C=O) groups excluding carboxylic acids is 2. The molecule has 6 rings (SSSR count). The number of piperidine rings is 1. The van der Waals surface area contributed by atoms with Crippen molar-refractivity contribution in [1.29, 1.82) is 0 Å². The maximum atomic E-state index is 12.7. The highest BCUT2D eigenvalue weighted by atomic mass is 16.2. The number of imide groups is 1. The van der Waals surface area contributed by atoms with E-state index < -0.39 is 0 Å². The summed E-state index contributed by atoms with van der Waals surface area (Å²) in [5, 5.41) is 1.48. The van der Waals surface area contributed by atoms with Crippen molar-refractivity contribution in [3.05, 3.63) is 35.0 Å². The normalized spacial score (nSPS) is 26.4. The Labute approximate surface area is 197 Å². The number of quaternary nitrogens is 1. The van der Waals surface area contributed by atoms with Crippen LogP contribution < -0.4 is 4.90 Å². The molecule has 1 N–H and O–H groups in total. The summed E-state index contributed by atoms with van der Waals surface area (Å²) in [5.74, 6) is 0.186. The average Bonchev–Trinajstić information content (AvgIpc) is 3.37. The zero-order valence-electron chi connectivity index (χ0n) is 20.1. The average molecular weight is 449 g/mol. The van der Waals surface area contributed by atoms with Crippen molar-refractivity contribution in [3.63, 3.8) is 0 Å². The van der Waals surface area contributed by atoms with Crippen LogP contribution in [0.15, 0.2) is 18.2 Å². The number of benzene rings is 1. The first-order chi connectivity index (χ1) is 16.0. The van der Waals surface area contributed by atoms with Crippen LogP contribution in [-0.2, 0) is 22.6 Å². The highest BCUT2D eigenvalue weighted by molar-refractivity contribution is 5.98. The Morgan fingerprint density at radius 3 is 2.64 bits per heavy atom. The van der Waals surface area contributed by atoms with E-state index in [4.69, 9.17) is 0 Å². The van der Waals surface area contributed by atoms with Crippen LogP contribution in [0.25, 0.3) is 10.9 Å². The van der Waals surface area contributed by atoms with Crippen molar-refractivity contribution >= 4 is 22.7 Å². The predicted molar refractivity (Wildman–Crippen MR) is 129 cm³/mol. The van der Waals surface area contributed by atoms with Crippen molar-refractivity contribution in [2.24, 2.45) is 5.41 Å². The number of nitrogens with zero attached hydrogens (tertiary/aromatic N) is 2. The van der Waals surface area contributed by atoms with Crippen LogP contribution in [0.5, 0.6) is 0 Å². The fourth-order valence-electron chi connectivity index (χ4n) is 7.59. The summed E-state index contributed by atoms with van der Waals surface area (Å²) >= 11 is 0. The minimum atomic E-state index is 0.0122. The third-order valence-electron chi connectivity index (χ3n) is 9.22. The minimum Gasteiger partial charge on any atom is -0.334 e. The van der Waals surface area contributed by atoms with Crippen LogP contribution in [0.4, 0.5) is 0 Å². The molecule has 1 saturated carbocycles. The van der Waals surface area contributed by atoms with Gasteiger partial charge < -0.3 is 9.47 Å². The third kappa shape index (κ3) is 3.63. The van der Waals surface area contributed by atoms with Gasteiger partial charge in [0.25, 0.3) is 0 Å². The number of unbranched alkanes of at least 4 members (excludes halogenated alkanes) is 1. The summed E-state index contributed by atoms with van der Waals surface area (Å²) in [6.07, 6.45) is 11.5. The van der Waals surface area contributed by atoms with Gasteiger partial charge in [-0.3, -0.25) is 14.5 Å². The van der Waals surface area contributed by atoms with Gasteiger partial charge in [-0.1, -0.05) is 24.5 Å². The molecule has 2 aliphatic carbocycles. The molecule has 0 bridgehead atoms. The van der Waals surface area contributed by atoms with E-state index in [-0.39, 0.29) is 17.2 Å². The maximum absolute atomic E-state index is 12.7. The van der Waals surface area contributed by atoms with Gasteiger partial charge in [-0.25, -0.2) is 0 Å². The van der Waals surface area contributed by atoms with E-state index in [1.54, 1.807) is 21.1 Å². The zero-order valence-corrected chi connectivity index (χ0v) is 20.1. The Morgan fingerprint density at radius 1 is 1.06 bits per heavy atom. The van der Waals surface area contributed by atoms with E-state index in [1.165, 1.54) is 55.1 Å². The Bertz CT molecular complexity index is 1070. The van der Waals surface area contributed by atoms with Crippen molar-refractivity contribution in [2.75, 3.05) is 19.6 Å². The standard InChI is InChI=1S/C28H37N3O2/c1-20-9-10-23-22(17-20)21-7-6-8-24-27(21)30(23)16-15-29(24)13-4-5-14-31-25(32)18-28(19-26(31)33)11-2-3-12-28/h9-10,17,24H,2-8,11-16,18-19H2,1H3/p+1/t24-/m1/s1. The summed E-state index contributed by atoms with van der Waals surface area (Å²) in [7, 11) is 0. The molecule has 0 radical (unpaired) electrons. The first-order valence-electron chi connectivity index (χ1n) is 13.3. The molecule has 2 atom stereocenters. The fraction of sp³-hybridized carbons (Fsp3) is 0.643. The highest BCUT2D eigenvalue weighted by Crippen LogP contribution is 2.47. The molecule has 5 nitrogen and oxygen atoms in total. The van der Waals surface area contributed by atoms with Crippen LogP contribution in [-0.4, -0.2) is 40.9 Å². The van der Waals surface area contributed by atoms with E-state index in [2.05, 4.69) is 29.7 Å². The summed E-state index contributed by atoms with van der Waals surface area (Å²) in [4.78, 5) is 28.8. The number of fused-ring (bicyclic) bond motifs is 3. The first-order valence-corrected chi connectivity index (χ1v) is 13.3. The number of carbonyl (C=O) groups is 2. The molecule has 4 aliphatic rings. The predicted octanol–water partition coefficient (Wildman–Crippen LogP) is 3.72. The van der Waals surface area contributed by atoms with Gasteiger partial charge in [0.05, 0.1) is 25.3 Å². The Kier molecular flexibility index (Phi) is 5.36. The molecule has 1 aromatic carbocycles. The molecule has 2 aromatic rings. The van der Waals surface area contributed by atoms with Crippen molar-refractivity contribution < 1.29 is 14.5 Å². The molecule has 176 valence electrons. The first kappa shape index (κ1) is 21.4. The quantitative estimate of drug-likeness (QED) is 0.560. The number of hydrogen-bond donors (Lipinski definition) is 1. The Balaban J connectivity index is 1.09. The molecule has 1 aromatic heterocycles. The summed E-state index contributed by atoms with van der Waals surface area (Å²) < 4.78 is 2.61. The lowest BCUT2D eigenvalue weighted by molar-refractivity contribution is -0.937. The van der Waals surface area contributed by atoms with Crippen molar-refractivity contribution in [2.45, 2.75) is 90.1 Å². The minimum absolute atomic E-state index is 0.0122. The molecule has 5 heteroatoms. The third-order valence-corrected chi connectivity index (χ3v) is 9.22. The number of nitrogens with one attached hydrogen (secondary N) is 1. The Hall–Kier alpha value is -2.14. The number of amides is 2. The van der Waals surface area contributed by atoms with Gasteiger partial charge in [-0.05, 0) is 68.6 Å². The second-order valence-electron chi connectivity index (χ2n) is 11.3. The molecule has 1 spiro atoms. The van der Waals surface area contributed by atoms with Crippen LogP contribution in [0, 0.1) is 12.3 Å². The molecule has 1 unspecified atom stereocenters. The topological polar surface area (TPSA) is 46.8 Å². The van der Waals surface area contributed by atoms with Gasteiger partial charge >= 0.3 is 0 Å². The summed E-state index contributed by atoms with van der Waals surface area (Å²) in [6, 6.07) is 7.58. The second kappa shape index (κ2) is 8.26. The molecule has 1 saturated heterocycles. The maximum Gasteiger partial charge on any atom is 0.229 e. The second-order valence-corrected chi connectivity index (χ2v) is 11.3. The molecule has 2 amide bonds. The van der Waals surface area contributed by atoms with Crippen molar-refractivity contribution in [3.8, 4) is 0 Å². The number of rotatable bonds is 5. The van der Waals surface area contributed by atoms with Crippen LogP contribution >= 0.6 is 0 Å². The lowest BCUT2D eigenvalue weighted by Gasteiger charge is -2.38. The SMILES string of the molecule is Cc1ccc2c(c1)c1c3n2CC[NH+](CCCCN2C(=O)CC4(CCCC4)CC2=O)[C@@H]3CCC1. The number of hydrogen-bond acceptors (Lipinski definition) is 2. The Morgan fingerprint density at radius 2 is 1.85 bits per heavy atom. The molecular weight excluding hydrogens is 410 g/mol. The summed E-state index contributed by atoms with van der Waals surface area (Å²) in [6.45, 7) is 6.25. The summed E-state index contributed by atoms with van der Waals surface area (Å²) in [5.41, 5.74) is 6.00. The van der Waals surface area contributed by atoms with Gasteiger partial charge in [0.15, 0.2) is 0 Å². The smallest absolute Gasteiger partial charge is 0.229 e. The number of likely N-dealkylation sites (tertiary alicyclic amines) is 1. The highest BCUT2D eigenvalue weighted by Gasteiger charge is 2.45. The van der Waals surface area contributed by atoms with E-state index in [1.807, 2.05) is 0 Å². The lowest BCUT2D eigenvalue weighted by atomic mass is 9.76. The number of aryl methyl sites for hydroxylation is 2. The zero-order chi connectivity index (χ0) is 22.6. The van der Waals surface area contributed by atoms with Crippen molar-refractivity contribution in [1.82, 2.24) is 9.47 Å². The molecular formula is C28H38N3O2+. The largest absolute Gasteiger partial charge is 0.334 e. The van der Waals surface area contributed by atoms with Crippen LogP contribution in [0.3, 0.4) is 0 Å². The van der Waals surface area contributed by atoms with Crippen LogP contribution in [0.2, 0.25) is 0 Å². The molecule has 2 aliphatic heterocycles. The van der Waals surface area contributed by atoms with E-state index in [9.17, 15) is 9.59 Å².